The van der Waals surface area contributed by atoms with Gasteiger partial charge in [-0.3, -0.25) is 9.69 Å². The highest BCUT2D eigenvalue weighted by Crippen LogP contribution is 2.45. The zero-order chi connectivity index (χ0) is 22.3. The molecule has 0 unspecified atom stereocenters. The number of amides is 1. The van der Waals surface area contributed by atoms with E-state index in [9.17, 15) is 22.8 Å². The highest BCUT2D eigenvalue weighted by Gasteiger charge is 2.44. The average Bonchev–Trinajstić information content (AvgIpc) is 3.13. The first-order chi connectivity index (χ1) is 14.7. The number of carbonyl (C=O) groups excluding carboxylic acids is 2. The molecule has 0 fully saturated rings. The minimum Gasteiger partial charge on any atom is -0.497 e. The normalized spacial score (nSPS) is 18.7. The fourth-order valence-corrected chi connectivity index (χ4v) is 3.93. The maximum atomic E-state index is 13.1. The molecule has 1 atom stereocenters. The van der Waals surface area contributed by atoms with Crippen molar-refractivity contribution in [1.29, 1.82) is 0 Å². The fourth-order valence-electron chi connectivity index (χ4n) is 3.93. The molecule has 0 spiro atoms. The lowest BCUT2D eigenvalue weighted by atomic mass is 9.83. The number of cyclic esters (lactones) is 1. The average molecular weight is 433 g/mol. The van der Waals surface area contributed by atoms with Gasteiger partial charge in [0.2, 0.25) is 5.91 Å². The predicted molar refractivity (Wildman–Crippen MR) is 104 cm³/mol. The van der Waals surface area contributed by atoms with E-state index in [0.29, 0.717) is 22.8 Å². The Hall–Kier alpha value is -3.49. The number of carbonyl (C=O) groups is 2. The van der Waals surface area contributed by atoms with Gasteiger partial charge in [-0.1, -0.05) is 0 Å². The molecule has 4 rings (SSSR count). The molecular weight excluding hydrogens is 415 g/mol. The van der Waals surface area contributed by atoms with Crippen LogP contribution in [-0.4, -0.2) is 32.7 Å². The number of alkyl halides is 3. The maximum Gasteiger partial charge on any atom is 0.416 e. The summed E-state index contributed by atoms with van der Waals surface area (Å²) in [4.78, 5) is 26.9. The van der Waals surface area contributed by atoms with Gasteiger partial charge in [-0.2, -0.15) is 13.2 Å². The molecule has 9 heteroatoms. The van der Waals surface area contributed by atoms with Crippen molar-refractivity contribution in [2.45, 2.75) is 18.5 Å². The predicted octanol–water partition coefficient (Wildman–Crippen LogP) is 4.05. The second-order valence-corrected chi connectivity index (χ2v) is 7.07. The van der Waals surface area contributed by atoms with Gasteiger partial charge in [-0.05, 0) is 42.5 Å². The molecule has 0 aromatic heterocycles. The first kappa shape index (κ1) is 20.8. The molecule has 0 bridgehead atoms. The molecule has 6 nitrogen and oxygen atoms in total. The minimum absolute atomic E-state index is 0.0848. The second kappa shape index (κ2) is 7.64. The lowest BCUT2D eigenvalue weighted by molar-refractivity contribution is -0.138. The van der Waals surface area contributed by atoms with Crippen molar-refractivity contribution in [1.82, 2.24) is 0 Å². The summed E-state index contributed by atoms with van der Waals surface area (Å²) in [5, 5.41) is 0. The van der Waals surface area contributed by atoms with Crippen molar-refractivity contribution in [2.24, 2.45) is 0 Å². The topological polar surface area (TPSA) is 65.1 Å². The minimum atomic E-state index is -4.49. The van der Waals surface area contributed by atoms with Gasteiger partial charge in [0.1, 0.15) is 18.1 Å². The number of benzene rings is 2. The van der Waals surface area contributed by atoms with E-state index in [0.717, 1.165) is 12.1 Å². The summed E-state index contributed by atoms with van der Waals surface area (Å²) in [5.41, 5.74) is 0.600. The van der Waals surface area contributed by atoms with Crippen LogP contribution >= 0.6 is 0 Å². The van der Waals surface area contributed by atoms with Gasteiger partial charge in [0.15, 0.2) is 0 Å². The van der Waals surface area contributed by atoms with Crippen LogP contribution < -0.4 is 14.4 Å². The third-order valence-electron chi connectivity index (χ3n) is 5.38. The zero-order valence-electron chi connectivity index (χ0n) is 16.7. The SMILES string of the molecule is COc1ccc(OC)c([C@@H]2CC(=O)N(c3ccc(C(F)(F)F)cc3)C3=C2C(=O)OC3)c1. The van der Waals surface area contributed by atoms with Crippen molar-refractivity contribution in [2.75, 3.05) is 25.7 Å². The highest BCUT2D eigenvalue weighted by molar-refractivity contribution is 6.06. The number of hydrogen-bond acceptors (Lipinski definition) is 5. The lowest BCUT2D eigenvalue weighted by Gasteiger charge is -2.32. The van der Waals surface area contributed by atoms with Crippen LogP contribution in [0, 0.1) is 0 Å². The number of anilines is 1. The summed E-state index contributed by atoms with van der Waals surface area (Å²) >= 11 is 0. The van der Waals surface area contributed by atoms with Crippen LogP contribution in [0.3, 0.4) is 0 Å². The van der Waals surface area contributed by atoms with E-state index in [-0.39, 0.29) is 30.2 Å². The summed E-state index contributed by atoms with van der Waals surface area (Å²) < 4.78 is 54.6. The molecule has 0 aliphatic carbocycles. The zero-order valence-corrected chi connectivity index (χ0v) is 16.7. The third-order valence-corrected chi connectivity index (χ3v) is 5.38. The summed E-state index contributed by atoms with van der Waals surface area (Å²) in [6.07, 6.45) is -4.58. The molecule has 1 amide bonds. The smallest absolute Gasteiger partial charge is 0.416 e. The Balaban J connectivity index is 1.80. The van der Waals surface area contributed by atoms with E-state index < -0.39 is 23.6 Å². The molecule has 31 heavy (non-hydrogen) atoms. The number of nitrogens with zero attached hydrogens (tertiary/aromatic N) is 1. The van der Waals surface area contributed by atoms with Crippen molar-refractivity contribution in [3.05, 3.63) is 64.9 Å². The van der Waals surface area contributed by atoms with Crippen LogP contribution in [0.1, 0.15) is 23.5 Å². The van der Waals surface area contributed by atoms with Gasteiger partial charge in [0, 0.05) is 23.6 Å². The third kappa shape index (κ3) is 3.60. The molecule has 2 aromatic rings. The number of halogens is 3. The fraction of sp³-hybridized carbons (Fsp3) is 0.273. The lowest BCUT2D eigenvalue weighted by Crippen LogP contribution is -2.37. The van der Waals surface area contributed by atoms with Crippen LogP contribution in [-0.2, 0) is 20.5 Å². The summed E-state index contributed by atoms with van der Waals surface area (Å²) in [6, 6.07) is 9.29. The Bertz CT molecular complexity index is 1080. The molecule has 2 aliphatic rings. The molecule has 0 saturated carbocycles. The molecule has 0 saturated heterocycles. The van der Waals surface area contributed by atoms with E-state index in [1.54, 1.807) is 18.2 Å². The largest absolute Gasteiger partial charge is 0.497 e. The van der Waals surface area contributed by atoms with Gasteiger partial charge in [-0.25, -0.2) is 4.79 Å². The summed E-state index contributed by atoms with van der Waals surface area (Å²) in [7, 11) is 2.98. The molecular formula is C22H18F3NO5. The van der Waals surface area contributed by atoms with Crippen molar-refractivity contribution in [3.63, 3.8) is 0 Å². The molecule has 162 valence electrons. The Kier molecular flexibility index (Phi) is 5.12. The van der Waals surface area contributed by atoms with Crippen LogP contribution in [0.25, 0.3) is 0 Å². The van der Waals surface area contributed by atoms with Crippen molar-refractivity contribution < 1.29 is 37.0 Å². The van der Waals surface area contributed by atoms with Crippen molar-refractivity contribution >= 4 is 17.6 Å². The van der Waals surface area contributed by atoms with E-state index in [1.165, 1.54) is 31.3 Å². The Morgan fingerprint density at radius 3 is 2.35 bits per heavy atom. The molecule has 2 aromatic carbocycles. The maximum absolute atomic E-state index is 13.1. The van der Waals surface area contributed by atoms with E-state index in [1.807, 2.05) is 0 Å². The Labute approximate surface area is 175 Å². The molecule has 2 heterocycles. The second-order valence-electron chi connectivity index (χ2n) is 7.07. The highest BCUT2D eigenvalue weighted by atomic mass is 19.4. The number of methoxy groups -OCH3 is 2. The monoisotopic (exact) mass is 433 g/mol. The van der Waals surface area contributed by atoms with Crippen LogP contribution in [0.2, 0.25) is 0 Å². The number of ether oxygens (including phenoxy) is 3. The van der Waals surface area contributed by atoms with E-state index >= 15 is 0 Å². The van der Waals surface area contributed by atoms with E-state index in [4.69, 9.17) is 14.2 Å². The van der Waals surface area contributed by atoms with Gasteiger partial charge >= 0.3 is 12.1 Å². The van der Waals surface area contributed by atoms with Crippen LogP contribution in [0.4, 0.5) is 18.9 Å². The van der Waals surface area contributed by atoms with Gasteiger partial charge in [0.25, 0.3) is 0 Å². The summed E-state index contributed by atoms with van der Waals surface area (Å²) in [6.45, 7) is -0.149. The van der Waals surface area contributed by atoms with Crippen LogP contribution in [0.5, 0.6) is 11.5 Å². The first-order valence-corrected chi connectivity index (χ1v) is 9.37. The van der Waals surface area contributed by atoms with Crippen LogP contribution in [0.15, 0.2) is 53.7 Å². The number of rotatable bonds is 4. The summed E-state index contributed by atoms with van der Waals surface area (Å²) in [5.74, 6) is -0.565. The van der Waals surface area contributed by atoms with Gasteiger partial charge < -0.3 is 14.2 Å². The number of esters is 1. The van der Waals surface area contributed by atoms with Gasteiger partial charge in [0.05, 0.1) is 31.1 Å². The molecule has 2 aliphatic heterocycles. The van der Waals surface area contributed by atoms with Gasteiger partial charge in [-0.15, -0.1) is 0 Å². The quantitative estimate of drug-likeness (QED) is 0.681. The Morgan fingerprint density at radius 2 is 1.74 bits per heavy atom. The molecule has 0 radical (unpaired) electrons. The van der Waals surface area contributed by atoms with E-state index in [2.05, 4.69) is 0 Å². The number of hydrogen-bond donors (Lipinski definition) is 0. The first-order valence-electron chi connectivity index (χ1n) is 9.37. The standard InChI is InChI=1S/C22H18F3NO5/c1-29-14-7-8-18(30-2)15(9-14)16-10-19(27)26(17-11-31-21(28)20(16)17)13-5-3-12(4-6-13)22(23,24)25/h3-9,16H,10-11H2,1-2H3/t16-/m0/s1. The molecule has 0 N–H and O–H groups in total. The Morgan fingerprint density at radius 1 is 1.03 bits per heavy atom. The van der Waals surface area contributed by atoms with Crippen molar-refractivity contribution in [3.8, 4) is 11.5 Å².